The Morgan fingerprint density at radius 2 is 2.41 bits per heavy atom. The number of esters is 1. The number of nitrogens with zero attached hydrogens (tertiary/aromatic N) is 1. The molecule has 2 heterocycles. The topological polar surface area (TPSA) is 72.0 Å². The van der Waals surface area contributed by atoms with Crippen molar-refractivity contribution in [3.05, 3.63) is 39.5 Å². The summed E-state index contributed by atoms with van der Waals surface area (Å²) in [5.41, 5.74) is -0.00309. The molecule has 0 spiro atoms. The van der Waals surface area contributed by atoms with E-state index in [4.69, 9.17) is 4.74 Å². The third kappa shape index (κ3) is 2.42. The minimum Gasteiger partial charge on any atom is -0.462 e. The van der Waals surface area contributed by atoms with Gasteiger partial charge >= 0.3 is 5.97 Å². The SMILES string of the molecule is CCOC(=O)c1cc(-c2cccs2)n[nH]c1=O. The molecule has 1 N–H and O–H groups in total. The number of nitrogens with one attached hydrogen (secondary N) is 1. The zero-order valence-corrected chi connectivity index (χ0v) is 9.91. The van der Waals surface area contributed by atoms with Crippen molar-refractivity contribution >= 4 is 17.3 Å². The van der Waals surface area contributed by atoms with Crippen LogP contribution in [0.2, 0.25) is 0 Å². The number of hydrogen-bond acceptors (Lipinski definition) is 5. The Balaban J connectivity index is 2.43. The van der Waals surface area contributed by atoms with Gasteiger partial charge < -0.3 is 4.74 Å². The van der Waals surface area contributed by atoms with Crippen LogP contribution in [0.15, 0.2) is 28.4 Å². The average molecular weight is 250 g/mol. The van der Waals surface area contributed by atoms with Crippen LogP contribution in [0.4, 0.5) is 0 Å². The van der Waals surface area contributed by atoms with Gasteiger partial charge in [0.2, 0.25) is 0 Å². The molecule has 5 nitrogen and oxygen atoms in total. The highest BCUT2D eigenvalue weighted by molar-refractivity contribution is 7.13. The van der Waals surface area contributed by atoms with Crippen LogP contribution in [-0.4, -0.2) is 22.8 Å². The van der Waals surface area contributed by atoms with E-state index in [1.54, 1.807) is 6.92 Å². The monoisotopic (exact) mass is 250 g/mol. The molecular weight excluding hydrogens is 240 g/mol. The van der Waals surface area contributed by atoms with Crippen molar-refractivity contribution in [3.63, 3.8) is 0 Å². The van der Waals surface area contributed by atoms with Gasteiger partial charge in [-0.15, -0.1) is 11.3 Å². The van der Waals surface area contributed by atoms with E-state index in [9.17, 15) is 9.59 Å². The summed E-state index contributed by atoms with van der Waals surface area (Å²) in [6.07, 6.45) is 0. The third-order valence-corrected chi connectivity index (χ3v) is 2.96. The van der Waals surface area contributed by atoms with E-state index >= 15 is 0 Å². The Labute approximate surface area is 101 Å². The number of ether oxygens (including phenoxy) is 1. The fourth-order valence-electron chi connectivity index (χ4n) is 1.32. The molecule has 2 aromatic rings. The van der Waals surface area contributed by atoms with Crippen molar-refractivity contribution in [2.75, 3.05) is 6.61 Å². The molecule has 0 saturated carbocycles. The summed E-state index contributed by atoms with van der Waals surface area (Å²) in [5.74, 6) is -0.631. The maximum absolute atomic E-state index is 11.5. The summed E-state index contributed by atoms with van der Waals surface area (Å²) in [5, 5.41) is 8.08. The molecule has 0 aliphatic heterocycles. The Bertz CT molecular complexity index is 575. The second-order valence-corrected chi connectivity index (χ2v) is 4.14. The number of aromatic nitrogens is 2. The van der Waals surface area contributed by atoms with E-state index in [0.717, 1.165) is 4.88 Å². The standard InChI is InChI=1S/C11H10N2O3S/c1-2-16-11(15)7-6-8(12-13-10(7)14)9-4-3-5-17-9/h3-6H,2H2,1H3,(H,13,14). The maximum atomic E-state index is 11.5. The Hall–Kier alpha value is -1.95. The summed E-state index contributed by atoms with van der Waals surface area (Å²) >= 11 is 1.48. The van der Waals surface area contributed by atoms with Crippen LogP contribution in [0.3, 0.4) is 0 Å². The zero-order valence-electron chi connectivity index (χ0n) is 9.10. The van der Waals surface area contributed by atoms with Crippen LogP contribution >= 0.6 is 11.3 Å². The fraction of sp³-hybridized carbons (Fsp3) is 0.182. The van der Waals surface area contributed by atoms with Gasteiger partial charge in [0.15, 0.2) is 0 Å². The molecule has 0 saturated heterocycles. The van der Waals surface area contributed by atoms with E-state index in [2.05, 4.69) is 10.2 Å². The predicted octanol–water partition coefficient (Wildman–Crippen LogP) is 1.68. The quantitative estimate of drug-likeness (QED) is 0.841. The molecule has 6 heteroatoms. The molecule has 0 aromatic carbocycles. The second-order valence-electron chi connectivity index (χ2n) is 3.19. The van der Waals surface area contributed by atoms with Crippen molar-refractivity contribution in [2.24, 2.45) is 0 Å². The zero-order chi connectivity index (χ0) is 12.3. The van der Waals surface area contributed by atoms with Gasteiger partial charge in [-0.05, 0) is 24.4 Å². The van der Waals surface area contributed by atoms with Crippen molar-refractivity contribution in [1.29, 1.82) is 0 Å². The van der Waals surface area contributed by atoms with E-state index in [0.29, 0.717) is 5.69 Å². The van der Waals surface area contributed by atoms with E-state index in [1.165, 1.54) is 17.4 Å². The van der Waals surface area contributed by atoms with Gasteiger partial charge in [0, 0.05) is 0 Å². The third-order valence-electron chi connectivity index (χ3n) is 2.07. The van der Waals surface area contributed by atoms with Crippen molar-refractivity contribution in [3.8, 4) is 10.6 Å². The van der Waals surface area contributed by atoms with Gasteiger partial charge in [-0.3, -0.25) is 4.79 Å². The molecule has 17 heavy (non-hydrogen) atoms. The molecule has 0 atom stereocenters. The van der Waals surface area contributed by atoms with Gasteiger partial charge in [0.1, 0.15) is 11.3 Å². The van der Waals surface area contributed by atoms with Gasteiger partial charge in [0.05, 0.1) is 11.5 Å². The van der Waals surface area contributed by atoms with Gasteiger partial charge in [-0.25, -0.2) is 9.89 Å². The van der Waals surface area contributed by atoms with Gasteiger partial charge in [-0.2, -0.15) is 5.10 Å². The fourth-order valence-corrected chi connectivity index (χ4v) is 2.00. The second kappa shape index (κ2) is 4.92. The lowest BCUT2D eigenvalue weighted by atomic mass is 10.2. The smallest absolute Gasteiger partial charge is 0.343 e. The number of carbonyl (C=O) groups is 1. The Kier molecular flexibility index (Phi) is 3.34. The summed E-state index contributed by atoms with van der Waals surface area (Å²) in [6.45, 7) is 1.92. The lowest BCUT2D eigenvalue weighted by Gasteiger charge is -2.01. The molecule has 0 bridgehead atoms. The van der Waals surface area contributed by atoms with Crippen LogP contribution in [0.1, 0.15) is 17.3 Å². The molecule has 0 radical (unpaired) electrons. The number of rotatable bonds is 3. The van der Waals surface area contributed by atoms with Gasteiger partial charge in [0.25, 0.3) is 5.56 Å². The first-order valence-electron chi connectivity index (χ1n) is 5.03. The molecule has 88 valence electrons. The van der Waals surface area contributed by atoms with Crippen LogP contribution in [0.25, 0.3) is 10.6 Å². The summed E-state index contributed by atoms with van der Waals surface area (Å²) in [6, 6.07) is 5.18. The van der Waals surface area contributed by atoms with Crippen LogP contribution in [-0.2, 0) is 4.74 Å². The minimum absolute atomic E-state index is 0.0229. The highest BCUT2D eigenvalue weighted by Gasteiger charge is 2.14. The van der Waals surface area contributed by atoms with Crippen molar-refractivity contribution < 1.29 is 9.53 Å². The van der Waals surface area contributed by atoms with Crippen LogP contribution in [0, 0.1) is 0 Å². The van der Waals surface area contributed by atoms with E-state index < -0.39 is 11.5 Å². The largest absolute Gasteiger partial charge is 0.462 e. The van der Waals surface area contributed by atoms with Crippen molar-refractivity contribution in [2.45, 2.75) is 6.92 Å². The molecule has 0 aliphatic carbocycles. The average Bonchev–Trinajstić information content (AvgIpc) is 2.83. The highest BCUT2D eigenvalue weighted by atomic mass is 32.1. The lowest BCUT2D eigenvalue weighted by molar-refractivity contribution is 0.0524. The first kappa shape index (κ1) is 11.5. The first-order chi connectivity index (χ1) is 8.22. The maximum Gasteiger partial charge on any atom is 0.343 e. The summed E-state index contributed by atoms with van der Waals surface area (Å²) in [7, 11) is 0. The number of carbonyl (C=O) groups excluding carboxylic acids is 1. The summed E-state index contributed by atoms with van der Waals surface area (Å²) < 4.78 is 4.80. The normalized spacial score (nSPS) is 10.2. The molecule has 0 fully saturated rings. The molecule has 0 amide bonds. The van der Waals surface area contributed by atoms with E-state index in [1.807, 2.05) is 17.5 Å². The van der Waals surface area contributed by atoms with E-state index in [-0.39, 0.29) is 12.2 Å². The van der Waals surface area contributed by atoms with Crippen molar-refractivity contribution in [1.82, 2.24) is 10.2 Å². The summed E-state index contributed by atoms with van der Waals surface area (Å²) in [4.78, 5) is 23.8. The molecule has 2 rings (SSSR count). The number of hydrogen-bond donors (Lipinski definition) is 1. The lowest BCUT2D eigenvalue weighted by Crippen LogP contribution is -2.20. The van der Waals surface area contributed by atoms with Gasteiger partial charge in [-0.1, -0.05) is 6.07 Å². The minimum atomic E-state index is -0.631. The highest BCUT2D eigenvalue weighted by Crippen LogP contribution is 2.21. The molecule has 0 aliphatic rings. The first-order valence-corrected chi connectivity index (χ1v) is 5.91. The Morgan fingerprint density at radius 1 is 1.59 bits per heavy atom. The number of aromatic amines is 1. The molecule has 2 aromatic heterocycles. The molecule has 0 unspecified atom stereocenters. The molecular formula is C11H10N2O3S. The van der Waals surface area contributed by atoms with Crippen LogP contribution < -0.4 is 5.56 Å². The number of thiophene rings is 1. The predicted molar refractivity (Wildman–Crippen MR) is 64.1 cm³/mol. The van der Waals surface area contributed by atoms with Crippen LogP contribution in [0.5, 0.6) is 0 Å². The Morgan fingerprint density at radius 3 is 3.06 bits per heavy atom. The number of H-pyrrole nitrogens is 1.